The third kappa shape index (κ3) is 3.81. The molecule has 1 unspecified atom stereocenters. The molecular weight excluding hydrogens is 383 g/mol. The van der Waals surface area contributed by atoms with E-state index in [2.05, 4.69) is 15.3 Å². The highest BCUT2D eigenvalue weighted by Crippen LogP contribution is 2.33. The number of benzene rings is 2. The van der Waals surface area contributed by atoms with Gasteiger partial charge < -0.3 is 15.2 Å². The molecule has 27 heavy (non-hydrogen) atoms. The van der Waals surface area contributed by atoms with Gasteiger partial charge in [-0.1, -0.05) is 23.2 Å². The van der Waals surface area contributed by atoms with Crippen LogP contribution in [0.25, 0.3) is 22.4 Å². The molecule has 5 nitrogen and oxygen atoms in total. The first kappa shape index (κ1) is 18.3. The molecule has 4 rings (SSSR count). The summed E-state index contributed by atoms with van der Waals surface area (Å²) in [6, 6.07) is 11.2. The fourth-order valence-electron chi connectivity index (χ4n) is 3.51. The average Bonchev–Trinajstić information content (AvgIpc) is 3.30. The van der Waals surface area contributed by atoms with Crippen molar-refractivity contribution >= 4 is 45.8 Å². The Kier molecular flexibility index (Phi) is 5.08. The Morgan fingerprint density at radius 1 is 1.22 bits per heavy atom. The summed E-state index contributed by atoms with van der Waals surface area (Å²) in [5.74, 6) is 0.723. The van der Waals surface area contributed by atoms with Crippen molar-refractivity contribution in [1.29, 1.82) is 0 Å². The van der Waals surface area contributed by atoms with Crippen LogP contribution in [0.15, 0.2) is 36.4 Å². The van der Waals surface area contributed by atoms with Crippen LogP contribution in [0, 0.1) is 0 Å². The standard InChI is InChI=1S/C20H20Cl2N4O/c1-26(19(27)11-14-3-2-8-23-14)18-7-5-12(21)9-15(18)20-24-16-6-4-13(22)10-17(16)25-20/h4-7,9-10,14,23H,2-3,8,11H2,1H3,(H,24,25). The molecule has 1 aromatic heterocycles. The molecule has 3 aromatic rings. The highest BCUT2D eigenvalue weighted by atomic mass is 35.5. The normalized spacial score (nSPS) is 16.8. The lowest BCUT2D eigenvalue weighted by molar-refractivity contribution is -0.118. The zero-order valence-corrected chi connectivity index (χ0v) is 16.4. The highest BCUT2D eigenvalue weighted by molar-refractivity contribution is 6.31. The van der Waals surface area contributed by atoms with Gasteiger partial charge in [0.25, 0.3) is 0 Å². The van der Waals surface area contributed by atoms with Gasteiger partial charge in [0, 0.05) is 35.1 Å². The van der Waals surface area contributed by atoms with Crippen molar-refractivity contribution in [3.8, 4) is 11.4 Å². The molecule has 0 saturated carbocycles. The summed E-state index contributed by atoms with van der Waals surface area (Å²) >= 11 is 12.3. The Morgan fingerprint density at radius 3 is 2.78 bits per heavy atom. The molecule has 1 saturated heterocycles. The lowest BCUT2D eigenvalue weighted by Crippen LogP contribution is -2.33. The number of nitrogens with one attached hydrogen (secondary N) is 2. The predicted molar refractivity (Wildman–Crippen MR) is 111 cm³/mol. The second-order valence-corrected chi connectivity index (χ2v) is 7.73. The maximum Gasteiger partial charge on any atom is 0.228 e. The fraction of sp³-hybridized carbons (Fsp3) is 0.300. The van der Waals surface area contributed by atoms with Gasteiger partial charge in [-0.05, 0) is 55.8 Å². The van der Waals surface area contributed by atoms with Crippen molar-refractivity contribution in [2.45, 2.75) is 25.3 Å². The second kappa shape index (κ2) is 7.50. The van der Waals surface area contributed by atoms with E-state index in [0.29, 0.717) is 22.3 Å². The molecule has 7 heteroatoms. The van der Waals surface area contributed by atoms with Crippen LogP contribution >= 0.6 is 23.2 Å². The van der Waals surface area contributed by atoms with Gasteiger partial charge in [0.1, 0.15) is 5.82 Å². The molecule has 1 aliphatic heterocycles. The van der Waals surface area contributed by atoms with Gasteiger partial charge in [-0.15, -0.1) is 0 Å². The molecule has 1 amide bonds. The van der Waals surface area contributed by atoms with E-state index in [1.54, 1.807) is 24.1 Å². The number of aromatic nitrogens is 2. The summed E-state index contributed by atoms with van der Waals surface area (Å²) in [5, 5.41) is 4.60. The number of anilines is 1. The lowest BCUT2D eigenvalue weighted by Gasteiger charge is -2.22. The quantitative estimate of drug-likeness (QED) is 0.667. The Balaban J connectivity index is 1.69. The molecular formula is C20H20Cl2N4O. The van der Waals surface area contributed by atoms with Crippen LogP contribution in [-0.2, 0) is 4.79 Å². The third-order valence-corrected chi connectivity index (χ3v) is 5.45. The summed E-state index contributed by atoms with van der Waals surface area (Å²) in [7, 11) is 1.80. The van der Waals surface area contributed by atoms with Crippen LogP contribution in [0.5, 0.6) is 0 Å². The van der Waals surface area contributed by atoms with Crippen molar-refractivity contribution in [3.63, 3.8) is 0 Å². The number of carbonyl (C=O) groups excluding carboxylic acids is 1. The van der Waals surface area contributed by atoms with Crippen molar-refractivity contribution in [2.24, 2.45) is 0 Å². The molecule has 1 aliphatic rings. The van der Waals surface area contributed by atoms with Gasteiger partial charge >= 0.3 is 0 Å². The molecule has 1 atom stereocenters. The number of hydrogen-bond acceptors (Lipinski definition) is 3. The first-order valence-corrected chi connectivity index (χ1v) is 9.72. The maximum absolute atomic E-state index is 12.8. The SMILES string of the molecule is CN(C(=O)CC1CCCN1)c1ccc(Cl)cc1-c1nc2ccc(Cl)cc2[nH]1. The number of halogens is 2. The smallest absolute Gasteiger partial charge is 0.228 e. The Bertz CT molecular complexity index is 995. The molecule has 140 valence electrons. The van der Waals surface area contributed by atoms with Gasteiger partial charge in [-0.25, -0.2) is 4.98 Å². The number of amides is 1. The number of imidazole rings is 1. The molecule has 2 N–H and O–H groups in total. The summed E-state index contributed by atoms with van der Waals surface area (Å²) in [6.07, 6.45) is 2.64. The summed E-state index contributed by atoms with van der Waals surface area (Å²) in [5.41, 5.74) is 3.20. The number of aromatic amines is 1. The number of H-pyrrole nitrogens is 1. The first-order chi connectivity index (χ1) is 13.0. The highest BCUT2D eigenvalue weighted by Gasteiger charge is 2.23. The molecule has 0 aliphatic carbocycles. The van der Waals surface area contributed by atoms with Crippen LogP contribution in [0.3, 0.4) is 0 Å². The minimum Gasteiger partial charge on any atom is -0.338 e. The van der Waals surface area contributed by atoms with Crippen molar-refractivity contribution in [3.05, 3.63) is 46.4 Å². The van der Waals surface area contributed by atoms with Crippen molar-refractivity contribution in [2.75, 3.05) is 18.5 Å². The van der Waals surface area contributed by atoms with Crippen molar-refractivity contribution < 1.29 is 4.79 Å². The largest absolute Gasteiger partial charge is 0.338 e. The third-order valence-electron chi connectivity index (χ3n) is 4.98. The topological polar surface area (TPSA) is 61.0 Å². The average molecular weight is 403 g/mol. The number of carbonyl (C=O) groups is 1. The van der Waals surface area contributed by atoms with Crippen LogP contribution in [0.2, 0.25) is 10.0 Å². The van der Waals surface area contributed by atoms with E-state index in [4.69, 9.17) is 23.2 Å². The first-order valence-electron chi connectivity index (χ1n) is 8.96. The van der Waals surface area contributed by atoms with Gasteiger partial charge in [0.05, 0.1) is 16.7 Å². The van der Waals surface area contributed by atoms with Crippen LogP contribution in [0.1, 0.15) is 19.3 Å². The van der Waals surface area contributed by atoms with Crippen molar-refractivity contribution in [1.82, 2.24) is 15.3 Å². The number of hydrogen-bond donors (Lipinski definition) is 2. The fourth-order valence-corrected chi connectivity index (χ4v) is 3.86. The van der Waals surface area contributed by atoms with Gasteiger partial charge in [-0.3, -0.25) is 4.79 Å². The van der Waals surface area contributed by atoms with Crippen LogP contribution in [0.4, 0.5) is 5.69 Å². The molecule has 0 radical (unpaired) electrons. The molecule has 0 bridgehead atoms. The number of nitrogens with zero attached hydrogens (tertiary/aromatic N) is 2. The monoisotopic (exact) mass is 402 g/mol. The van der Waals surface area contributed by atoms with Crippen LogP contribution in [-0.4, -0.2) is 35.5 Å². The van der Waals surface area contributed by atoms with E-state index >= 15 is 0 Å². The summed E-state index contributed by atoms with van der Waals surface area (Å²) < 4.78 is 0. The molecule has 1 fully saturated rings. The Morgan fingerprint density at radius 2 is 2.00 bits per heavy atom. The van der Waals surface area contributed by atoms with E-state index in [-0.39, 0.29) is 11.9 Å². The van der Waals surface area contributed by atoms with Gasteiger partial charge in [0.15, 0.2) is 0 Å². The molecule has 2 aromatic carbocycles. The van der Waals surface area contributed by atoms with E-state index in [1.165, 1.54) is 0 Å². The predicted octanol–water partition coefficient (Wildman–Crippen LogP) is 4.64. The zero-order valence-electron chi connectivity index (χ0n) is 14.9. The van der Waals surface area contributed by atoms with Gasteiger partial charge in [0.2, 0.25) is 5.91 Å². The van der Waals surface area contributed by atoms with E-state index in [1.807, 2.05) is 24.3 Å². The molecule has 0 spiro atoms. The summed E-state index contributed by atoms with van der Waals surface area (Å²) in [4.78, 5) is 22.4. The minimum atomic E-state index is 0.0668. The van der Waals surface area contributed by atoms with Gasteiger partial charge in [-0.2, -0.15) is 0 Å². The number of fused-ring (bicyclic) bond motifs is 1. The second-order valence-electron chi connectivity index (χ2n) is 6.86. The van der Waals surface area contributed by atoms with E-state index in [9.17, 15) is 4.79 Å². The zero-order chi connectivity index (χ0) is 19.0. The van der Waals surface area contributed by atoms with E-state index in [0.717, 1.165) is 41.7 Å². The number of rotatable bonds is 4. The minimum absolute atomic E-state index is 0.0668. The van der Waals surface area contributed by atoms with Crippen LogP contribution < -0.4 is 10.2 Å². The molecule has 2 heterocycles. The van der Waals surface area contributed by atoms with E-state index < -0.39 is 0 Å². The lowest BCUT2D eigenvalue weighted by atomic mass is 10.1. The Hall–Kier alpha value is -2.08. The Labute approximate surface area is 167 Å². The summed E-state index contributed by atoms with van der Waals surface area (Å²) in [6.45, 7) is 0.982. The maximum atomic E-state index is 12.8.